The quantitative estimate of drug-likeness (QED) is 0.316. The minimum Gasteiger partial charge on any atom is -0.454 e. The molecule has 3 N–H and O–H groups in total. The van der Waals surface area contributed by atoms with Crippen molar-refractivity contribution in [3.05, 3.63) is 72.2 Å². The third-order valence-electron chi connectivity index (χ3n) is 5.58. The van der Waals surface area contributed by atoms with Gasteiger partial charge in [-0.3, -0.25) is 14.9 Å². The fourth-order valence-electron chi connectivity index (χ4n) is 3.49. The zero-order valence-corrected chi connectivity index (χ0v) is 21.2. The van der Waals surface area contributed by atoms with Gasteiger partial charge in [0.25, 0.3) is 0 Å². The molecule has 2 aromatic carbocycles. The normalized spacial score (nSPS) is 13.7. The number of anilines is 3. The lowest BCUT2D eigenvalue weighted by Crippen LogP contribution is -2.35. The van der Waals surface area contributed by atoms with E-state index in [0.29, 0.717) is 5.69 Å². The SMILES string of the molecule is CC(C)(C)OC(=O)Nc1cc(Oc2cc(F)c(NC(=O)C3(C(=O)Nc4ccc(F)cc4)CC3)cc2F)ccn1. The summed E-state index contributed by atoms with van der Waals surface area (Å²) in [6, 6.07) is 9.12. The number of amides is 3. The van der Waals surface area contributed by atoms with Crippen LogP contribution < -0.4 is 20.7 Å². The molecule has 9 nitrogen and oxygen atoms in total. The van der Waals surface area contributed by atoms with E-state index in [1.54, 1.807) is 20.8 Å². The highest BCUT2D eigenvalue weighted by Gasteiger charge is 2.56. The number of aromatic nitrogens is 1. The summed E-state index contributed by atoms with van der Waals surface area (Å²) in [5, 5.41) is 7.21. The zero-order valence-electron chi connectivity index (χ0n) is 21.2. The molecular formula is C27H25F3N4O5. The Kier molecular flexibility index (Phi) is 7.48. The molecule has 1 fully saturated rings. The van der Waals surface area contributed by atoms with E-state index in [9.17, 15) is 27.6 Å². The van der Waals surface area contributed by atoms with Crippen molar-refractivity contribution < 1.29 is 37.0 Å². The Balaban J connectivity index is 1.42. The standard InChI is InChI=1S/C27H25F3N4O5/c1-26(2,3)39-25(37)34-22-12-17(8-11-31-22)38-21-14-18(29)20(13-19(21)30)33-24(36)27(9-10-27)23(35)32-16-6-4-15(28)5-7-16/h4-8,11-14H,9-10H2,1-3H3,(H,32,35)(H,33,36)(H,31,34,37). The molecular weight excluding hydrogens is 517 g/mol. The van der Waals surface area contributed by atoms with Gasteiger partial charge in [0.2, 0.25) is 11.8 Å². The third-order valence-corrected chi connectivity index (χ3v) is 5.58. The van der Waals surface area contributed by atoms with Crippen LogP contribution in [0.25, 0.3) is 0 Å². The van der Waals surface area contributed by atoms with Gasteiger partial charge < -0.3 is 20.1 Å². The molecule has 0 bridgehead atoms. The smallest absolute Gasteiger partial charge is 0.413 e. The summed E-state index contributed by atoms with van der Waals surface area (Å²) in [7, 11) is 0. The summed E-state index contributed by atoms with van der Waals surface area (Å²) in [4.78, 5) is 41.4. The fraction of sp³-hybridized carbons (Fsp3) is 0.259. The van der Waals surface area contributed by atoms with Crippen molar-refractivity contribution in [3.8, 4) is 11.5 Å². The first-order chi connectivity index (χ1) is 18.3. The molecule has 0 aliphatic heterocycles. The van der Waals surface area contributed by atoms with Gasteiger partial charge >= 0.3 is 6.09 Å². The first-order valence-corrected chi connectivity index (χ1v) is 11.9. The van der Waals surface area contributed by atoms with Crippen molar-refractivity contribution in [2.24, 2.45) is 5.41 Å². The largest absolute Gasteiger partial charge is 0.454 e. The van der Waals surface area contributed by atoms with Crippen molar-refractivity contribution in [3.63, 3.8) is 0 Å². The van der Waals surface area contributed by atoms with Crippen LogP contribution in [0.15, 0.2) is 54.7 Å². The van der Waals surface area contributed by atoms with Crippen LogP contribution in [0.4, 0.5) is 35.2 Å². The second-order valence-electron chi connectivity index (χ2n) is 9.87. The molecule has 0 atom stereocenters. The molecule has 1 saturated carbocycles. The molecule has 1 heterocycles. The van der Waals surface area contributed by atoms with Gasteiger partial charge in [-0.1, -0.05) is 0 Å². The second-order valence-corrected chi connectivity index (χ2v) is 9.87. The molecule has 3 amide bonds. The van der Waals surface area contributed by atoms with Crippen molar-refractivity contribution in [1.29, 1.82) is 0 Å². The number of nitrogens with zero attached hydrogens (tertiary/aromatic N) is 1. The van der Waals surface area contributed by atoms with E-state index >= 15 is 0 Å². The van der Waals surface area contributed by atoms with Crippen molar-refractivity contribution >= 4 is 35.1 Å². The minimum atomic E-state index is -1.46. The van der Waals surface area contributed by atoms with Gasteiger partial charge in [-0.25, -0.2) is 22.9 Å². The Hall–Kier alpha value is -4.61. The molecule has 0 unspecified atom stereocenters. The maximum atomic E-state index is 14.8. The Morgan fingerprint density at radius 3 is 2.18 bits per heavy atom. The van der Waals surface area contributed by atoms with Gasteiger partial charge in [-0.2, -0.15) is 0 Å². The van der Waals surface area contributed by atoms with E-state index in [2.05, 4.69) is 20.9 Å². The molecule has 12 heteroatoms. The number of rotatable bonds is 7. The van der Waals surface area contributed by atoms with Crippen molar-refractivity contribution in [1.82, 2.24) is 4.98 Å². The first-order valence-electron chi connectivity index (χ1n) is 11.9. The highest BCUT2D eigenvalue weighted by Crippen LogP contribution is 2.47. The van der Waals surface area contributed by atoms with Crippen LogP contribution in [-0.2, 0) is 14.3 Å². The van der Waals surface area contributed by atoms with Gasteiger partial charge in [-0.15, -0.1) is 0 Å². The number of pyridine rings is 1. The summed E-state index contributed by atoms with van der Waals surface area (Å²) in [5.74, 6) is -4.32. The molecule has 0 radical (unpaired) electrons. The molecule has 39 heavy (non-hydrogen) atoms. The van der Waals surface area contributed by atoms with Gasteiger partial charge in [0.05, 0.1) is 5.69 Å². The van der Waals surface area contributed by atoms with E-state index in [1.165, 1.54) is 30.5 Å². The lowest BCUT2D eigenvalue weighted by atomic mass is 10.0. The van der Waals surface area contributed by atoms with Crippen LogP contribution in [-0.4, -0.2) is 28.5 Å². The van der Waals surface area contributed by atoms with Crippen LogP contribution >= 0.6 is 0 Å². The predicted octanol–water partition coefficient (Wildman–Crippen LogP) is 6.00. The van der Waals surface area contributed by atoms with Gasteiger partial charge in [0, 0.05) is 30.1 Å². The van der Waals surface area contributed by atoms with Crippen LogP contribution in [0.3, 0.4) is 0 Å². The van der Waals surface area contributed by atoms with Gasteiger partial charge in [0.1, 0.15) is 28.4 Å². The summed E-state index contributed by atoms with van der Waals surface area (Å²) in [5.41, 5.74) is -2.38. The van der Waals surface area contributed by atoms with E-state index in [0.717, 1.165) is 24.3 Å². The Labute approximate surface area is 221 Å². The Bertz CT molecular complexity index is 1420. The van der Waals surface area contributed by atoms with E-state index < -0.39 is 57.8 Å². The molecule has 3 aromatic rings. The highest BCUT2D eigenvalue weighted by molar-refractivity contribution is 6.16. The second kappa shape index (κ2) is 10.6. The van der Waals surface area contributed by atoms with Gasteiger partial charge in [0.15, 0.2) is 17.4 Å². The molecule has 0 saturated heterocycles. The maximum absolute atomic E-state index is 14.8. The third kappa shape index (κ3) is 6.83. The number of nitrogens with one attached hydrogen (secondary N) is 3. The number of halogens is 3. The molecule has 1 aliphatic rings. The van der Waals surface area contributed by atoms with Crippen LogP contribution in [0.5, 0.6) is 11.5 Å². The monoisotopic (exact) mass is 542 g/mol. The first kappa shape index (κ1) is 27.4. The molecule has 4 rings (SSSR count). The minimum absolute atomic E-state index is 0.0422. The fourth-order valence-corrected chi connectivity index (χ4v) is 3.49. The average molecular weight is 543 g/mol. The predicted molar refractivity (Wildman–Crippen MR) is 136 cm³/mol. The lowest BCUT2D eigenvalue weighted by molar-refractivity contribution is -0.131. The van der Waals surface area contributed by atoms with E-state index in [1.807, 2.05) is 0 Å². The summed E-state index contributed by atoms with van der Waals surface area (Å²) < 4.78 is 53.3. The van der Waals surface area contributed by atoms with Crippen LogP contribution in [0, 0.1) is 22.9 Å². The highest BCUT2D eigenvalue weighted by atomic mass is 19.1. The number of carbonyl (C=O) groups is 3. The number of benzene rings is 2. The summed E-state index contributed by atoms with van der Waals surface area (Å²) in [6.07, 6.45) is 0.943. The summed E-state index contributed by atoms with van der Waals surface area (Å²) in [6.45, 7) is 5.07. The van der Waals surface area contributed by atoms with E-state index in [-0.39, 0.29) is 24.4 Å². The molecule has 1 aromatic heterocycles. The lowest BCUT2D eigenvalue weighted by Gasteiger charge is -2.19. The number of hydrogen-bond donors (Lipinski definition) is 3. The Morgan fingerprint density at radius 1 is 0.872 bits per heavy atom. The van der Waals surface area contributed by atoms with Gasteiger partial charge in [-0.05, 0) is 63.9 Å². The number of ether oxygens (including phenoxy) is 2. The average Bonchev–Trinajstić information content (AvgIpc) is 3.65. The number of hydrogen-bond acceptors (Lipinski definition) is 6. The molecule has 0 spiro atoms. The number of carbonyl (C=O) groups excluding carboxylic acids is 3. The molecule has 1 aliphatic carbocycles. The Morgan fingerprint density at radius 2 is 1.54 bits per heavy atom. The molecule has 204 valence electrons. The summed E-state index contributed by atoms with van der Waals surface area (Å²) >= 11 is 0. The van der Waals surface area contributed by atoms with Crippen molar-refractivity contribution in [2.75, 3.05) is 16.0 Å². The maximum Gasteiger partial charge on any atom is 0.413 e. The van der Waals surface area contributed by atoms with Crippen LogP contribution in [0.2, 0.25) is 0 Å². The topological polar surface area (TPSA) is 119 Å². The zero-order chi connectivity index (χ0) is 28.4. The van der Waals surface area contributed by atoms with Crippen molar-refractivity contribution in [2.45, 2.75) is 39.2 Å². The van der Waals surface area contributed by atoms with Crippen LogP contribution in [0.1, 0.15) is 33.6 Å². The van der Waals surface area contributed by atoms with E-state index in [4.69, 9.17) is 9.47 Å².